The molecular weight excluding hydrogens is 456 g/mol. The van der Waals surface area contributed by atoms with Gasteiger partial charge in [-0.2, -0.15) is 0 Å². The number of unbranched alkanes of at least 4 members (excludes halogenated alkanes) is 5. The first kappa shape index (κ1) is 24.8. The molecule has 0 aliphatic rings. The van der Waals surface area contributed by atoms with Gasteiger partial charge in [0.1, 0.15) is 0 Å². The summed E-state index contributed by atoms with van der Waals surface area (Å²) in [6.45, 7) is 2.18. The Morgan fingerprint density at radius 1 is 0.771 bits per heavy atom. The molecule has 0 radical (unpaired) electrons. The number of nitrogens with one attached hydrogen (secondary N) is 3. The minimum Gasteiger partial charge on any atom is -0.386 e. The Bertz CT molecular complexity index is 1350. The van der Waals surface area contributed by atoms with E-state index in [-0.39, 0.29) is 5.75 Å². The zero-order valence-electron chi connectivity index (χ0n) is 20.5. The summed E-state index contributed by atoms with van der Waals surface area (Å²) < 4.78 is 27.9. The van der Waals surface area contributed by atoms with Crippen LogP contribution in [0, 0.1) is 0 Å². The number of sulfonamides is 1. The van der Waals surface area contributed by atoms with Gasteiger partial charge in [-0.3, -0.25) is 4.72 Å². The minimum atomic E-state index is -3.39. The molecule has 4 rings (SSSR count). The van der Waals surface area contributed by atoms with E-state index in [4.69, 9.17) is 4.98 Å². The number of para-hydroxylation sites is 2. The Kier molecular flexibility index (Phi) is 8.08. The normalized spacial score (nSPS) is 11.6. The second-order valence-electron chi connectivity index (χ2n) is 8.85. The molecule has 0 fully saturated rings. The van der Waals surface area contributed by atoms with Crippen LogP contribution in [0.15, 0.2) is 66.7 Å². The number of benzene rings is 3. The monoisotopic (exact) mass is 490 g/mol. The first-order valence-corrected chi connectivity index (χ1v) is 14.0. The summed E-state index contributed by atoms with van der Waals surface area (Å²) in [6, 6.07) is 21.6. The molecule has 0 unspecified atom stereocenters. The quantitative estimate of drug-likeness (QED) is 0.144. The van der Waals surface area contributed by atoms with Crippen molar-refractivity contribution in [2.45, 2.75) is 45.4 Å². The van der Waals surface area contributed by atoms with Crippen molar-refractivity contribution in [1.82, 2.24) is 4.98 Å². The van der Waals surface area contributed by atoms with E-state index in [0.29, 0.717) is 12.1 Å². The first-order valence-electron chi connectivity index (χ1n) is 12.4. The predicted molar refractivity (Wildman–Crippen MR) is 149 cm³/mol. The van der Waals surface area contributed by atoms with Crippen LogP contribution in [-0.2, 0) is 10.0 Å². The molecule has 0 spiro atoms. The third-order valence-corrected chi connectivity index (χ3v) is 7.55. The second-order valence-corrected chi connectivity index (χ2v) is 10.7. The summed E-state index contributed by atoms with van der Waals surface area (Å²) in [6.07, 6.45) is 6.28. The van der Waals surface area contributed by atoms with Crippen LogP contribution in [0.3, 0.4) is 0 Å². The summed E-state index contributed by atoms with van der Waals surface area (Å²) in [4.78, 5) is 4.79. The zero-order valence-corrected chi connectivity index (χ0v) is 21.3. The van der Waals surface area contributed by atoms with E-state index < -0.39 is 10.0 Å². The molecule has 3 N–H and O–H groups in total. The van der Waals surface area contributed by atoms with Crippen molar-refractivity contribution in [1.29, 1.82) is 0 Å². The molecule has 3 aromatic carbocycles. The van der Waals surface area contributed by atoms with Gasteiger partial charge in [0.25, 0.3) is 0 Å². The molecule has 184 valence electrons. The summed E-state index contributed by atoms with van der Waals surface area (Å²) in [5.41, 5.74) is 5.01. The topological polar surface area (TPSA) is 83.1 Å². The SMILES string of the molecule is CCCCCCCCS(=O)(=O)Nc1ccc(Nc2c3ccccc3nc3ccccc23)c(NC)c1. The summed E-state index contributed by atoms with van der Waals surface area (Å²) in [7, 11) is -1.56. The van der Waals surface area contributed by atoms with Crippen LogP contribution in [0.5, 0.6) is 0 Å². The number of nitrogens with zero attached hydrogens (tertiary/aromatic N) is 1. The van der Waals surface area contributed by atoms with Crippen LogP contribution in [0.4, 0.5) is 22.7 Å². The average molecular weight is 491 g/mol. The van der Waals surface area contributed by atoms with Gasteiger partial charge in [0.15, 0.2) is 0 Å². The fourth-order valence-electron chi connectivity index (χ4n) is 4.34. The van der Waals surface area contributed by atoms with Gasteiger partial charge in [0, 0.05) is 17.8 Å². The summed E-state index contributed by atoms with van der Waals surface area (Å²) in [5, 5.41) is 8.83. The molecule has 0 saturated carbocycles. The van der Waals surface area contributed by atoms with Gasteiger partial charge in [0.05, 0.1) is 39.5 Å². The lowest BCUT2D eigenvalue weighted by molar-refractivity contribution is 0.588. The van der Waals surface area contributed by atoms with Crippen LogP contribution in [0.1, 0.15) is 45.4 Å². The molecule has 6 nitrogen and oxygen atoms in total. The molecule has 0 bridgehead atoms. The Hall–Kier alpha value is -3.32. The zero-order chi connectivity index (χ0) is 24.7. The molecule has 35 heavy (non-hydrogen) atoms. The lowest BCUT2D eigenvalue weighted by Crippen LogP contribution is -2.16. The Morgan fingerprint density at radius 3 is 2.06 bits per heavy atom. The Balaban J connectivity index is 1.54. The number of pyridine rings is 1. The van der Waals surface area contributed by atoms with Crippen molar-refractivity contribution in [3.63, 3.8) is 0 Å². The third kappa shape index (κ3) is 6.22. The average Bonchev–Trinajstić information content (AvgIpc) is 2.86. The number of aromatic nitrogens is 1. The van der Waals surface area contributed by atoms with Crippen molar-refractivity contribution < 1.29 is 8.42 Å². The van der Waals surface area contributed by atoms with E-state index in [1.54, 1.807) is 6.07 Å². The van der Waals surface area contributed by atoms with E-state index in [2.05, 4.69) is 34.4 Å². The lowest BCUT2D eigenvalue weighted by atomic mass is 10.1. The maximum absolute atomic E-state index is 12.6. The van der Waals surface area contributed by atoms with E-state index >= 15 is 0 Å². The summed E-state index contributed by atoms with van der Waals surface area (Å²) in [5.74, 6) is 0.142. The number of anilines is 4. The van der Waals surface area contributed by atoms with Gasteiger partial charge in [-0.05, 0) is 36.8 Å². The minimum absolute atomic E-state index is 0.142. The van der Waals surface area contributed by atoms with E-state index in [0.717, 1.165) is 51.7 Å². The van der Waals surface area contributed by atoms with Gasteiger partial charge in [-0.25, -0.2) is 13.4 Å². The molecule has 0 aliphatic carbocycles. The fourth-order valence-corrected chi connectivity index (χ4v) is 5.51. The van der Waals surface area contributed by atoms with E-state index in [1.165, 1.54) is 19.3 Å². The van der Waals surface area contributed by atoms with Crippen LogP contribution in [0.2, 0.25) is 0 Å². The fraction of sp³-hybridized carbons (Fsp3) is 0.321. The predicted octanol–water partition coefficient (Wildman–Crippen LogP) is 7.28. The molecule has 0 amide bonds. The largest absolute Gasteiger partial charge is 0.386 e. The highest BCUT2D eigenvalue weighted by atomic mass is 32.2. The summed E-state index contributed by atoms with van der Waals surface area (Å²) >= 11 is 0. The smallest absolute Gasteiger partial charge is 0.232 e. The molecule has 7 heteroatoms. The van der Waals surface area contributed by atoms with Crippen LogP contribution >= 0.6 is 0 Å². The highest BCUT2D eigenvalue weighted by Crippen LogP contribution is 2.36. The van der Waals surface area contributed by atoms with Gasteiger partial charge in [-0.15, -0.1) is 0 Å². The molecular formula is C28H34N4O2S. The standard InChI is InChI=1S/C28H34N4O2S/c1-3-4-5-6-7-12-19-35(33,34)32-21-17-18-26(27(20-21)29-2)31-28-22-13-8-10-15-24(22)30-25-16-11-9-14-23(25)28/h8-11,13-18,20,29,32H,3-7,12,19H2,1-2H3,(H,30,31). The molecule has 0 saturated heterocycles. The molecule has 0 aliphatic heterocycles. The van der Waals surface area contributed by atoms with Crippen molar-refractivity contribution in [2.75, 3.05) is 28.2 Å². The van der Waals surface area contributed by atoms with Gasteiger partial charge < -0.3 is 10.6 Å². The van der Waals surface area contributed by atoms with Crippen LogP contribution < -0.4 is 15.4 Å². The van der Waals surface area contributed by atoms with Crippen molar-refractivity contribution >= 4 is 54.6 Å². The molecule has 1 heterocycles. The Labute approximate surface area is 208 Å². The highest BCUT2D eigenvalue weighted by Gasteiger charge is 2.14. The van der Waals surface area contributed by atoms with Crippen molar-refractivity contribution in [3.8, 4) is 0 Å². The highest BCUT2D eigenvalue weighted by molar-refractivity contribution is 7.92. The number of rotatable bonds is 12. The van der Waals surface area contributed by atoms with Crippen LogP contribution in [-0.4, -0.2) is 26.2 Å². The van der Waals surface area contributed by atoms with Gasteiger partial charge in [0.2, 0.25) is 10.0 Å². The van der Waals surface area contributed by atoms with Crippen LogP contribution in [0.25, 0.3) is 21.8 Å². The van der Waals surface area contributed by atoms with Crippen molar-refractivity contribution in [3.05, 3.63) is 66.7 Å². The van der Waals surface area contributed by atoms with E-state index in [9.17, 15) is 8.42 Å². The first-order chi connectivity index (χ1) is 17.0. The third-order valence-electron chi connectivity index (χ3n) is 6.18. The molecule has 4 aromatic rings. The number of hydrogen-bond acceptors (Lipinski definition) is 5. The molecule has 1 aromatic heterocycles. The number of hydrogen-bond donors (Lipinski definition) is 3. The lowest BCUT2D eigenvalue weighted by Gasteiger charge is -2.17. The maximum Gasteiger partial charge on any atom is 0.232 e. The Morgan fingerprint density at radius 2 is 1.40 bits per heavy atom. The molecule has 0 atom stereocenters. The number of fused-ring (bicyclic) bond motifs is 2. The second kappa shape index (κ2) is 11.4. The van der Waals surface area contributed by atoms with E-state index in [1.807, 2.05) is 55.6 Å². The van der Waals surface area contributed by atoms with Gasteiger partial charge >= 0.3 is 0 Å². The van der Waals surface area contributed by atoms with Gasteiger partial charge in [-0.1, -0.05) is 75.4 Å². The maximum atomic E-state index is 12.6. The van der Waals surface area contributed by atoms with Crippen molar-refractivity contribution in [2.24, 2.45) is 0 Å².